The summed E-state index contributed by atoms with van der Waals surface area (Å²) in [6.07, 6.45) is 4.46. The van der Waals surface area contributed by atoms with Crippen LogP contribution in [0.3, 0.4) is 0 Å². The molecular weight excluding hydrogens is 395 g/mol. The minimum absolute atomic E-state index is 0.00300. The molecule has 0 atom stereocenters. The highest BCUT2D eigenvalue weighted by atomic mass is 19.3. The van der Waals surface area contributed by atoms with E-state index in [1.807, 2.05) is 6.07 Å². The predicted octanol–water partition coefficient (Wildman–Crippen LogP) is 8.67. The lowest BCUT2D eigenvalue weighted by Gasteiger charge is -2.10. The lowest BCUT2D eigenvalue weighted by molar-refractivity contribution is 0.428. The number of hydrogen-bond donors (Lipinski definition) is 0. The smallest absolute Gasteiger partial charge is 0.206 e. The van der Waals surface area contributed by atoms with Crippen LogP contribution in [0.5, 0.6) is 0 Å². The molecule has 0 aliphatic rings. The van der Waals surface area contributed by atoms with E-state index in [0.717, 1.165) is 30.9 Å². The van der Waals surface area contributed by atoms with Gasteiger partial charge in [-0.3, -0.25) is 0 Å². The normalized spacial score (nSPS) is 11.1. The van der Waals surface area contributed by atoms with Gasteiger partial charge in [-0.1, -0.05) is 56.9 Å². The first-order valence-corrected chi connectivity index (χ1v) is 10.1. The van der Waals surface area contributed by atoms with E-state index in [1.165, 1.54) is 43.5 Å². The number of rotatable bonds is 8. The summed E-state index contributed by atoms with van der Waals surface area (Å²) in [4.78, 5) is 0. The summed E-state index contributed by atoms with van der Waals surface area (Å²) in [5.41, 5.74) is 0.916. The zero-order valence-corrected chi connectivity index (χ0v) is 16.8. The Bertz CT molecular complexity index is 1060. The summed E-state index contributed by atoms with van der Waals surface area (Å²) in [7, 11) is 0. The van der Waals surface area contributed by atoms with E-state index in [4.69, 9.17) is 0 Å². The minimum Gasteiger partial charge on any atom is -0.206 e. The number of benzene rings is 3. The molecule has 158 valence electrons. The summed E-state index contributed by atoms with van der Waals surface area (Å²) in [6.45, 7) is 2.16. The second-order valence-electron chi connectivity index (χ2n) is 7.43. The standard InChI is InChI=1S/C25H23F5/c1-2-3-4-5-6-7-16-8-10-19(22(26)12-16)17-9-11-20-18(13-17)14-23(27)21(25(20)30)15-24(28)29/h8-15H,2-7H2,1H3. The largest absolute Gasteiger partial charge is 0.271 e. The minimum atomic E-state index is -2.18. The first kappa shape index (κ1) is 22.0. The van der Waals surface area contributed by atoms with E-state index >= 15 is 0 Å². The first-order valence-electron chi connectivity index (χ1n) is 10.1. The Balaban J connectivity index is 1.87. The highest BCUT2D eigenvalue weighted by Gasteiger charge is 2.15. The Kier molecular flexibility index (Phi) is 7.24. The number of unbranched alkanes of at least 4 members (excludes halogenated alkanes) is 4. The van der Waals surface area contributed by atoms with Gasteiger partial charge in [-0.05, 0) is 47.6 Å². The van der Waals surface area contributed by atoms with Gasteiger partial charge >= 0.3 is 0 Å². The second kappa shape index (κ2) is 9.88. The molecule has 0 aliphatic carbocycles. The monoisotopic (exact) mass is 418 g/mol. The van der Waals surface area contributed by atoms with Crippen molar-refractivity contribution in [2.45, 2.75) is 45.4 Å². The maximum absolute atomic E-state index is 14.7. The van der Waals surface area contributed by atoms with Crippen LogP contribution in [0.4, 0.5) is 22.0 Å². The molecule has 0 aliphatic heterocycles. The van der Waals surface area contributed by atoms with Crippen molar-refractivity contribution in [2.24, 2.45) is 0 Å². The Morgan fingerprint density at radius 3 is 2.30 bits per heavy atom. The van der Waals surface area contributed by atoms with Gasteiger partial charge in [-0.15, -0.1) is 0 Å². The van der Waals surface area contributed by atoms with Crippen molar-refractivity contribution in [2.75, 3.05) is 0 Å². The van der Waals surface area contributed by atoms with Crippen molar-refractivity contribution < 1.29 is 22.0 Å². The molecule has 0 N–H and O–H groups in total. The third-order valence-electron chi connectivity index (χ3n) is 5.23. The van der Waals surface area contributed by atoms with Crippen LogP contribution >= 0.6 is 0 Å². The molecule has 0 saturated carbocycles. The second-order valence-corrected chi connectivity index (χ2v) is 7.43. The summed E-state index contributed by atoms with van der Waals surface area (Å²) in [5.74, 6) is -2.56. The van der Waals surface area contributed by atoms with Gasteiger partial charge in [0.2, 0.25) is 0 Å². The molecule has 0 radical (unpaired) electrons. The van der Waals surface area contributed by atoms with E-state index in [9.17, 15) is 22.0 Å². The Labute approximate surface area is 173 Å². The lowest BCUT2D eigenvalue weighted by atomic mass is 9.97. The van der Waals surface area contributed by atoms with E-state index in [-0.39, 0.29) is 16.8 Å². The van der Waals surface area contributed by atoms with Crippen molar-refractivity contribution in [3.63, 3.8) is 0 Å². The highest BCUT2D eigenvalue weighted by molar-refractivity contribution is 5.90. The summed E-state index contributed by atoms with van der Waals surface area (Å²) >= 11 is 0. The molecule has 30 heavy (non-hydrogen) atoms. The van der Waals surface area contributed by atoms with Crippen molar-refractivity contribution >= 4 is 16.8 Å². The molecule has 0 bridgehead atoms. The first-order chi connectivity index (χ1) is 14.4. The van der Waals surface area contributed by atoms with Crippen LogP contribution in [0.2, 0.25) is 0 Å². The van der Waals surface area contributed by atoms with Crippen LogP contribution in [0.25, 0.3) is 28.0 Å². The van der Waals surface area contributed by atoms with Crippen LogP contribution in [0.15, 0.2) is 48.5 Å². The van der Waals surface area contributed by atoms with Gasteiger partial charge in [-0.25, -0.2) is 13.2 Å². The molecular formula is C25H23F5. The van der Waals surface area contributed by atoms with Gasteiger partial charge in [0.05, 0.1) is 5.56 Å². The van der Waals surface area contributed by atoms with Gasteiger partial charge in [0.25, 0.3) is 6.08 Å². The Morgan fingerprint density at radius 1 is 0.833 bits per heavy atom. The van der Waals surface area contributed by atoms with Crippen LogP contribution in [0, 0.1) is 17.5 Å². The molecule has 0 aromatic heterocycles. The van der Waals surface area contributed by atoms with Crippen LogP contribution in [-0.4, -0.2) is 0 Å². The average molecular weight is 418 g/mol. The van der Waals surface area contributed by atoms with Crippen molar-refractivity contribution in [3.8, 4) is 11.1 Å². The van der Waals surface area contributed by atoms with Crippen LogP contribution in [0.1, 0.15) is 50.2 Å². The molecule has 0 saturated heterocycles. The third kappa shape index (κ3) is 5.07. The summed E-state index contributed by atoms with van der Waals surface area (Å²) in [6, 6.07) is 10.3. The maximum atomic E-state index is 14.7. The molecule has 3 rings (SSSR count). The van der Waals surface area contributed by atoms with Crippen LogP contribution in [-0.2, 0) is 6.42 Å². The van der Waals surface area contributed by atoms with Gasteiger partial charge in [0.1, 0.15) is 17.5 Å². The van der Waals surface area contributed by atoms with Gasteiger partial charge in [0, 0.05) is 17.0 Å². The quantitative estimate of drug-likeness (QED) is 0.254. The molecule has 0 amide bonds. The van der Waals surface area contributed by atoms with Crippen molar-refractivity contribution in [1.82, 2.24) is 0 Å². The highest BCUT2D eigenvalue weighted by Crippen LogP contribution is 2.31. The number of fused-ring (bicyclic) bond motifs is 1. The topological polar surface area (TPSA) is 0 Å². The fourth-order valence-corrected chi connectivity index (χ4v) is 3.64. The third-order valence-corrected chi connectivity index (χ3v) is 5.23. The van der Waals surface area contributed by atoms with E-state index in [2.05, 4.69) is 6.92 Å². The molecule has 0 fully saturated rings. The summed E-state index contributed by atoms with van der Waals surface area (Å²) in [5, 5.41) is 0.176. The van der Waals surface area contributed by atoms with Gasteiger partial charge in [0.15, 0.2) is 0 Å². The molecule has 3 aromatic carbocycles. The number of aryl methyl sites for hydroxylation is 1. The number of halogens is 5. The van der Waals surface area contributed by atoms with E-state index < -0.39 is 29.1 Å². The number of hydrogen-bond acceptors (Lipinski definition) is 0. The fraction of sp³-hybridized carbons (Fsp3) is 0.280. The maximum Gasteiger partial charge on any atom is 0.271 e. The van der Waals surface area contributed by atoms with E-state index in [0.29, 0.717) is 11.1 Å². The average Bonchev–Trinajstić information content (AvgIpc) is 2.70. The summed E-state index contributed by atoms with van der Waals surface area (Å²) < 4.78 is 68.2. The van der Waals surface area contributed by atoms with Crippen LogP contribution < -0.4 is 0 Å². The van der Waals surface area contributed by atoms with Gasteiger partial charge < -0.3 is 0 Å². The molecule has 0 heterocycles. The zero-order chi connectivity index (χ0) is 21.7. The molecule has 0 spiro atoms. The fourth-order valence-electron chi connectivity index (χ4n) is 3.64. The Hall–Kier alpha value is -2.69. The molecule has 5 heteroatoms. The zero-order valence-electron chi connectivity index (χ0n) is 16.8. The van der Waals surface area contributed by atoms with Gasteiger partial charge in [-0.2, -0.15) is 8.78 Å². The Morgan fingerprint density at radius 2 is 1.60 bits per heavy atom. The van der Waals surface area contributed by atoms with Crippen molar-refractivity contribution in [1.29, 1.82) is 0 Å². The molecule has 3 aromatic rings. The lowest BCUT2D eigenvalue weighted by Crippen LogP contribution is -1.94. The van der Waals surface area contributed by atoms with E-state index in [1.54, 1.807) is 6.07 Å². The molecule has 0 unspecified atom stereocenters. The molecule has 0 nitrogen and oxygen atoms in total. The van der Waals surface area contributed by atoms with Crippen molar-refractivity contribution in [3.05, 3.63) is 77.1 Å². The SMILES string of the molecule is CCCCCCCc1ccc(-c2ccc3c(F)c(C=C(F)F)c(F)cc3c2)c(F)c1. The predicted molar refractivity (Wildman–Crippen MR) is 112 cm³/mol.